The molecule has 0 aromatic carbocycles. The number of carbonyl (C=O) groups excluding carboxylic acids is 1. The molecule has 4 nitrogen and oxygen atoms in total. The molecule has 108 valence electrons. The summed E-state index contributed by atoms with van der Waals surface area (Å²) in [5.41, 5.74) is 2.94. The molecule has 0 spiro atoms. The Labute approximate surface area is 124 Å². The summed E-state index contributed by atoms with van der Waals surface area (Å²) in [6.07, 6.45) is 6.96. The first kappa shape index (κ1) is 14.8. The van der Waals surface area contributed by atoms with Crippen molar-refractivity contribution in [3.05, 3.63) is 60.6 Å². The quantitative estimate of drug-likeness (QED) is 0.476. The third-order valence-electron chi connectivity index (χ3n) is 3.03. The van der Waals surface area contributed by atoms with Gasteiger partial charge in [-0.1, -0.05) is 18.7 Å². The van der Waals surface area contributed by atoms with Crippen LogP contribution in [0.15, 0.2) is 54.3 Å². The number of hydrogen-bond acceptors (Lipinski definition) is 3. The van der Waals surface area contributed by atoms with Gasteiger partial charge in [-0.2, -0.15) is 0 Å². The average Bonchev–Trinajstić information content (AvgIpc) is 2.88. The largest absolute Gasteiger partial charge is 0.462 e. The van der Waals surface area contributed by atoms with Crippen molar-refractivity contribution in [1.82, 2.24) is 4.40 Å². The summed E-state index contributed by atoms with van der Waals surface area (Å²) < 4.78 is 7.08. The van der Waals surface area contributed by atoms with Gasteiger partial charge in [0.1, 0.15) is 0 Å². The van der Waals surface area contributed by atoms with E-state index in [2.05, 4.69) is 11.6 Å². The fraction of sp³-hybridized carbons (Fsp3) is 0.176. The summed E-state index contributed by atoms with van der Waals surface area (Å²) in [5, 5.41) is 0. The van der Waals surface area contributed by atoms with Gasteiger partial charge in [-0.15, -0.1) is 0 Å². The zero-order valence-corrected chi connectivity index (χ0v) is 12.2. The molecule has 0 saturated heterocycles. The minimum Gasteiger partial charge on any atom is -0.462 e. The number of ether oxygens (including phenoxy) is 1. The highest BCUT2D eigenvalue weighted by Crippen LogP contribution is 2.25. The van der Waals surface area contributed by atoms with Crippen LogP contribution in [0, 0.1) is 0 Å². The van der Waals surface area contributed by atoms with E-state index in [1.54, 1.807) is 25.4 Å². The highest BCUT2D eigenvalue weighted by Gasteiger charge is 2.19. The van der Waals surface area contributed by atoms with Gasteiger partial charge in [0.2, 0.25) is 0 Å². The predicted octanol–water partition coefficient (Wildman–Crippen LogP) is 3.73. The van der Waals surface area contributed by atoms with Crippen molar-refractivity contribution in [3.8, 4) is 0 Å². The van der Waals surface area contributed by atoms with Crippen LogP contribution in [0.25, 0.3) is 11.1 Å². The van der Waals surface area contributed by atoms with Crippen molar-refractivity contribution in [1.29, 1.82) is 0 Å². The number of rotatable bonds is 5. The number of fused-ring (bicyclic) bond motifs is 1. The maximum atomic E-state index is 12.2. The Kier molecular flexibility index (Phi) is 4.72. The van der Waals surface area contributed by atoms with Crippen molar-refractivity contribution in [2.24, 2.45) is 4.99 Å². The smallest absolute Gasteiger partial charge is 0.340 e. The first-order valence-electron chi connectivity index (χ1n) is 6.80. The second-order valence-corrected chi connectivity index (χ2v) is 4.32. The Morgan fingerprint density at radius 1 is 1.48 bits per heavy atom. The Bertz CT molecular complexity index is 723. The van der Waals surface area contributed by atoms with E-state index in [-0.39, 0.29) is 5.97 Å². The zero-order chi connectivity index (χ0) is 15.2. The molecule has 0 unspecified atom stereocenters. The number of pyridine rings is 1. The molecule has 0 aliphatic rings. The van der Waals surface area contributed by atoms with Crippen LogP contribution in [0.1, 0.15) is 29.9 Å². The molecule has 0 bridgehead atoms. The molecule has 0 aliphatic carbocycles. The fourth-order valence-electron chi connectivity index (χ4n) is 2.15. The van der Waals surface area contributed by atoms with Crippen molar-refractivity contribution < 1.29 is 9.53 Å². The normalized spacial score (nSPS) is 12.0. The van der Waals surface area contributed by atoms with E-state index >= 15 is 0 Å². The third kappa shape index (κ3) is 2.94. The number of aromatic nitrogens is 1. The lowest BCUT2D eigenvalue weighted by atomic mass is 10.1. The molecule has 0 radical (unpaired) electrons. The van der Waals surface area contributed by atoms with E-state index in [0.717, 1.165) is 16.8 Å². The molecule has 21 heavy (non-hydrogen) atoms. The van der Waals surface area contributed by atoms with Crippen molar-refractivity contribution in [2.75, 3.05) is 6.61 Å². The monoisotopic (exact) mass is 282 g/mol. The second-order valence-electron chi connectivity index (χ2n) is 4.32. The maximum absolute atomic E-state index is 12.2. The maximum Gasteiger partial charge on any atom is 0.340 e. The van der Waals surface area contributed by atoms with Crippen LogP contribution in [0.4, 0.5) is 0 Å². The molecule has 4 heteroatoms. The molecular weight excluding hydrogens is 264 g/mol. The Morgan fingerprint density at radius 3 is 2.95 bits per heavy atom. The average molecular weight is 282 g/mol. The lowest BCUT2D eigenvalue weighted by molar-refractivity contribution is 0.0526. The van der Waals surface area contributed by atoms with Crippen molar-refractivity contribution in [2.45, 2.75) is 13.8 Å². The second kappa shape index (κ2) is 6.70. The van der Waals surface area contributed by atoms with Gasteiger partial charge in [-0.25, -0.2) is 4.79 Å². The third-order valence-corrected chi connectivity index (χ3v) is 3.03. The Balaban J connectivity index is 2.70. The summed E-state index contributed by atoms with van der Waals surface area (Å²) >= 11 is 0. The molecule has 0 aliphatic heterocycles. The van der Waals surface area contributed by atoms with Crippen molar-refractivity contribution in [3.63, 3.8) is 0 Å². The fourth-order valence-corrected chi connectivity index (χ4v) is 2.15. The molecule has 2 aromatic heterocycles. The highest BCUT2D eigenvalue weighted by molar-refractivity contribution is 5.98. The molecule has 0 saturated carbocycles. The van der Waals surface area contributed by atoms with Crippen LogP contribution < -0.4 is 0 Å². The van der Waals surface area contributed by atoms with Crippen LogP contribution in [-0.2, 0) is 4.74 Å². The number of carbonyl (C=O) groups is 1. The number of nitrogens with zero attached hydrogens (tertiary/aromatic N) is 2. The van der Waals surface area contributed by atoms with E-state index in [9.17, 15) is 4.79 Å². The molecular formula is C17H18N2O2. The van der Waals surface area contributed by atoms with Crippen LogP contribution in [0.5, 0.6) is 0 Å². The first-order valence-corrected chi connectivity index (χ1v) is 6.80. The lowest BCUT2D eigenvalue weighted by Gasteiger charge is -2.07. The molecule has 2 aromatic rings. The zero-order valence-electron chi connectivity index (χ0n) is 12.2. The van der Waals surface area contributed by atoms with Gasteiger partial charge in [0.15, 0.2) is 0 Å². The van der Waals surface area contributed by atoms with Crippen LogP contribution in [-0.4, -0.2) is 23.2 Å². The topological polar surface area (TPSA) is 43.1 Å². The summed E-state index contributed by atoms with van der Waals surface area (Å²) in [6, 6.07) is 7.60. The van der Waals surface area contributed by atoms with Gasteiger partial charge in [0, 0.05) is 29.7 Å². The van der Waals surface area contributed by atoms with Crippen LogP contribution in [0.2, 0.25) is 0 Å². The Morgan fingerprint density at radius 2 is 2.29 bits per heavy atom. The molecule has 0 N–H and O–H groups in total. The van der Waals surface area contributed by atoms with Gasteiger partial charge in [0.25, 0.3) is 0 Å². The number of hydrogen-bond donors (Lipinski definition) is 0. The predicted molar refractivity (Wildman–Crippen MR) is 85.7 cm³/mol. The number of aliphatic imine (C=N–C) groups is 1. The van der Waals surface area contributed by atoms with E-state index in [1.807, 2.05) is 41.8 Å². The van der Waals surface area contributed by atoms with Gasteiger partial charge in [-0.3, -0.25) is 4.99 Å². The van der Waals surface area contributed by atoms with Gasteiger partial charge in [0.05, 0.1) is 17.9 Å². The van der Waals surface area contributed by atoms with Crippen LogP contribution >= 0.6 is 0 Å². The summed E-state index contributed by atoms with van der Waals surface area (Å²) in [5.74, 6) is -0.343. The highest BCUT2D eigenvalue weighted by atomic mass is 16.5. The van der Waals surface area contributed by atoms with Gasteiger partial charge >= 0.3 is 5.97 Å². The molecule has 0 amide bonds. The molecule has 0 fully saturated rings. The van der Waals surface area contributed by atoms with E-state index in [0.29, 0.717) is 12.2 Å². The van der Waals surface area contributed by atoms with Gasteiger partial charge < -0.3 is 9.14 Å². The van der Waals surface area contributed by atoms with Crippen molar-refractivity contribution >= 4 is 23.3 Å². The minimum atomic E-state index is -0.343. The molecule has 2 rings (SSSR count). The standard InChI is InChI=1S/C17H18N2O2/c1-4-13(12-18-5-2)16-15(17(20)21-6-3)11-14-9-7-8-10-19(14)16/h4-5,7-12H,1,6H2,2-3H3/b13-12+,18-5-. The molecule has 2 heterocycles. The van der Waals surface area contributed by atoms with E-state index in [4.69, 9.17) is 4.74 Å². The summed E-state index contributed by atoms with van der Waals surface area (Å²) in [4.78, 5) is 16.3. The van der Waals surface area contributed by atoms with E-state index in [1.165, 1.54) is 0 Å². The first-order chi connectivity index (χ1) is 10.2. The van der Waals surface area contributed by atoms with Crippen LogP contribution in [0.3, 0.4) is 0 Å². The van der Waals surface area contributed by atoms with Gasteiger partial charge in [-0.05, 0) is 32.0 Å². The number of esters is 1. The Hall–Kier alpha value is -2.62. The summed E-state index contributed by atoms with van der Waals surface area (Å²) in [7, 11) is 0. The lowest BCUT2D eigenvalue weighted by Crippen LogP contribution is -2.07. The minimum absolute atomic E-state index is 0.338. The summed E-state index contributed by atoms with van der Waals surface area (Å²) in [6.45, 7) is 7.78. The number of allylic oxidation sites excluding steroid dienone is 2. The SMILES string of the molecule is C=C/C(=C\N=C/C)c1c(C(=O)OCC)cc2ccccn12. The molecule has 0 atom stereocenters. The van der Waals surface area contributed by atoms with E-state index < -0.39 is 0 Å².